The van der Waals surface area contributed by atoms with Crippen LogP contribution in [0.2, 0.25) is 0 Å². The molecule has 0 spiro atoms. The number of rotatable bonds is 9. The average molecular weight is 472 g/mol. The zero-order chi connectivity index (χ0) is 24.0. The standard InChI is InChI=1S/C24H26FN3O4S/c1-28(2)22(18-7-6-8-19(25)15-18)16-26-24(29)17-11-13-20(14-12-17)33(30,31)27-21-9-4-5-10-23(21)32-3/h4-15,22,27H,16H2,1-3H3,(H,26,29). The minimum absolute atomic E-state index is 0.0101. The van der Waals surface area contributed by atoms with Crippen molar-refractivity contribution < 1.29 is 22.3 Å². The van der Waals surface area contributed by atoms with E-state index in [4.69, 9.17) is 4.74 Å². The summed E-state index contributed by atoms with van der Waals surface area (Å²) >= 11 is 0. The summed E-state index contributed by atoms with van der Waals surface area (Å²) in [5, 5.41) is 2.83. The smallest absolute Gasteiger partial charge is 0.262 e. The molecule has 0 fully saturated rings. The van der Waals surface area contributed by atoms with Gasteiger partial charge >= 0.3 is 0 Å². The van der Waals surface area contributed by atoms with Crippen LogP contribution in [0.4, 0.5) is 10.1 Å². The summed E-state index contributed by atoms with van der Waals surface area (Å²) in [5.41, 5.74) is 1.36. The van der Waals surface area contributed by atoms with Crippen LogP contribution in [0, 0.1) is 5.82 Å². The highest BCUT2D eigenvalue weighted by Crippen LogP contribution is 2.26. The number of nitrogens with one attached hydrogen (secondary N) is 2. The van der Waals surface area contributed by atoms with Crippen molar-refractivity contribution in [1.29, 1.82) is 0 Å². The molecule has 174 valence electrons. The number of likely N-dealkylation sites (N-methyl/N-ethyl adjacent to an activating group) is 1. The average Bonchev–Trinajstić information content (AvgIpc) is 2.79. The number of methoxy groups -OCH3 is 1. The predicted octanol–water partition coefficient (Wildman–Crippen LogP) is 3.67. The number of anilines is 1. The Hall–Kier alpha value is -3.43. The first-order valence-electron chi connectivity index (χ1n) is 10.2. The first-order valence-corrected chi connectivity index (χ1v) is 11.7. The fourth-order valence-corrected chi connectivity index (χ4v) is 4.39. The van der Waals surface area contributed by atoms with Crippen molar-refractivity contribution in [1.82, 2.24) is 10.2 Å². The van der Waals surface area contributed by atoms with Crippen LogP contribution in [-0.4, -0.2) is 47.0 Å². The molecule has 3 rings (SSSR count). The van der Waals surface area contributed by atoms with Gasteiger partial charge in [0.25, 0.3) is 15.9 Å². The lowest BCUT2D eigenvalue weighted by Gasteiger charge is -2.25. The molecule has 33 heavy (non-hydrogen) atoms. The van der Waals surface area contributed by atoms with Gasteiger partial charge in [0.15, 0.2) is 0 Å². The summed E-state index contributed by atoms with van der Waals surface area (Å²) in [7, 11) is 1.27. The number of hydrogen-bond donors (Lipinski definition) is 2. The molecule has 0 aliphatic heterocycles. The SMILES string of the molecule is COc1ccccc1NS(=O)(=O)c1ccc(C(=O)NCC(c2cccc(F)c2)N(C)C)cc1. The number of nitrogens with zero attached hydrogens (tertiary/aromatic N) is 1. The summed E-state index contributed by atoms with van der Waals surface area (Å²) in [6, 6.07) is 18.3. The van der Waals surface area contributed by atoms with E-state index >= 15 is 0 Å². The largest absolute Gasteiger partial charge is 0.495 e. The Morgan fingerprint density at radius 3 is 2.36 bits per heavy atom. The molecule has 9 heteroatoms. The van der Waals surface area contributed by atoms with Crippen molar-refractivity contribution in [2.45, 2.75) is 10.9 Å². The highest BCUT2D eigenvalue weighted by atomic mass is 32.2. The van der Waals surface area contributed by atoms with Gasteiger partial charge in [-0.2, -0.15) is 0 Å². The minimum Gasteiger partial charge on any atom is -0.495 e. The van der Waals surface area contributed by atoms with Gasteiger partial charge in [0, 0.05) is 12.1 Å². The number of sulfonamides is 1. The van der Waals surface area contributed by atoms with Gasteiger partial charge in [-0.05, 0) is 68.2 Å². The number of halogens is 1. The molecular weight excluding hydrogens is 445 g/mol. The molecule has 0 saturated carbocycles. The highest BCUT2D eigenvalue weighted by molar-refractivity contribution is 7.92. The monoisotopic (exact) mass is 471 g/mol. The molecule has 2 N–H and O–H groups in total. The van der Waals surface area contributed by atoms with Crippen LogP contribution in [0.3, 0.4) is 0 Å². The quantitative estimate of drug-likeness (QED) is 0.497. The first-order chi connectivity index (χ1) is 15.7. The molecule has 7 nitrogen and oxygen atoms in total. The summed E-state index contributed by atoms with van der Waals surface area (Å²) in [5.74, 6) is -0.310. The maximum Gasteiger partial charge on any atom is 0.262 e. The van der Waals surface area contributed by atoms with E-state index in [-0.39, 0.29) is 29.2 Å². The topological polar surface area (TPSA) is 87.7 Å². The molecule has 3 aromatic carbocycles. The number of carbonyl (C=O) groups excluding carboxylic acids is 1. The van der Waals surface area contributed by atoms with Crippen LogP contribution in [0.5, 0.6) is 5.75 Å². The maximum absolute atomic E-state index is 13.6. The zero-order valence-electron chi connectivity index (χ0n) is 18.6. The Morgan fingerprint density at radius 2 is 1.73 bits per heavy atom. The summed E-state index contributed by atoms with van der Waals surface area (Å²) in [4.78, 5) is 14.5. The van der Waals surface area contributed by atoms with Crippen molar-refractivity contribution in [2.75, 3.05) is 32.5 Å². The Labute approximate surface area is 193 Å². The van der Waals surface area contributed by atoms with Gasteiger partial charge in [0.1, 0.15) is 11.6 Å². The fraction of sp³-hybridized carbons (Fsp3) is 0.208. The number of ether oxygens (including phenoxy) is 1. The van der Waals surface area contributed by atoms with E-state index < -0.39 is 10.0 Å². The van der Waals surface area contributed by atoms with Crippen LogP contribution in [0.25, 0.3) is 0 Å². The molecule has 1 atom stereocenters. The Balaban J connectivity index is 1.69. The summed E-state index contributed by atoms with van der Waals surface area (Å²) < 4.78 is 46.7. The van der Waals surface area contributed by atoms with Gasteiger partial charge in [-0.1, -0.05) is 24.3 Å². The molecule has 0 aliphatic carbocycles. The van der Waals surface area contributed by atoms with Gasteiger partial charge in [0.2, 0.25) is 0 Å². The second kappa shape index (κ2) is 10.5. The van der Waals surface area contributed by atoms with E-state index in [1.54, 1.807) is 36.4 Å². The van der Waals surface area contributed by atoms with Crippen molar-refractivity contribution >= 4 is 21.6 Å². The number of hydrogen-bond acceptors (Lipinski definition) is 5. The number of amides is 1. The van der Waals surface area contributed by atoms with E-state index in [0.29, 0.717) is 17.0 Å². The van der Waals surface area contributed by atoms with Gasteiger partial charge in [-0.15, -0.1) is 0 Å². The molecule has 0 radical (unpaired) electrons. The van der Waals surface area contributed by atoms with Gasteiger partial charge in [0.05, 0.1) is 23.7 Å². The van der Waals surface area contributed by atoms with Crippen LogP contribution >= 0.6 is 0 Å². The van der Waals surface area contributed by atoms with E-state index in [9.17, 15) is 17.6 Å². The Bertz CT molecular complexity index is 1210. The molecule has 1 unspecified atom stereocenters. The maximum atomic E-state index is 13.6. The zero-order valence-corrected chi connectivity index (χ0v) is 19.4. The van der Waals surface area contributed by atoms with Crippen LogP contribution < -0.4 is 14.8 Å². The van der Waals surface area contributed by atoms with Crippen molar-refractivity contribution in [2.24, 2.45) is 0 Å². The molecule has 3 aromatic rings. The molecule has 0 aliphatic rings. The molecule has 0 bridgehead atoms. The second-order valence-corrected chi connectivity index (χ2v) is 9.26. The molecule has 1 amide bonds. The van der Waals surface area contributed by atoms with Crippen molar-refractivity contribution in [3.05, 3.63) is 89.7 Å². The fourth-order valence-electron chi connectivity index (χ4n) is 3.32. The lowest BCUT2D eigenvalue weighted by Crippen LogP contribution is -2.34. The minimum atomic E-state index is -3.87. The number of carbonyl (C=O) groups is 1. The van der Waals surface area contributed by atoms with E-state index in [2.05, 4.69) is 10.0 Å². The second-order valence-electron chi connectivity index (χ2n) is 7.57. The summed E-state index contributed by atoms with van der Waals surface area (Å²) in [6.07, 6.45) is 0. The van der Waals surface area contributed by atoms with E-state index in [0.717, 1.165) is 5.56 Å². The molecule has 0 heterocycles. The number of benzene rings is 3. The Morgan fingerprint density at radius 1 is 1.03 bits per heavy atom. The van der Waals surface area contributed by atoms with Crippen molar-refractivity contribution in [3.63, 3.8) is 0 Å². The van der Waals surface area contributed by atoms with Gasteiger partial charge in [-0.3, -0.25) is 9.52 Å². The third-order valence-electron chi connectivity index (χ3n) is 5.09. The highest BCUT2D eigenvalue weighted by Gasteiger charge is 2.19. The lowest BCUT2D eigenvalue weighted by atomic mass is 10.1. The number of para-hydroxylation sites is 2. The third kappa shape index (κ3) is 6.09. The van der Waals surface area contributed by atoms with Crippen LogP contribution in [-0.2, 0) is 10.0 Å². The van der Waals surface area contributed by atoms with Crippen LogP contribution in [0.1, 0.15) is 22.0 Å². The Kier molecular flexibility index (Phi) is 7.67. The van der Waals surface area contributed by atoms with Gasteiger partial charge in [-0.25, -0.2) is 12.8 Å². The van der Waals surface area contributed by atoms with Crippen LogP contribution in [0.15, 0.2) is 77.7 Å². The lowest BCUT2D eigenvalue weighted by molar-refractivity contribution is 0.0942. The third-order valence-corrected chi connectivity index (χ3v) is 6.47. The molecular formula is C24H26FN3O4S. The normalized spacial score (nSPS) is 12.3. The molecule has 0 aromatic heterocycles. The van der Waals surface area contributed by atoms with E-state index in [1.165, 1.54) is 43.5 Å². The van der Waals surface area contributed by atoms with E-state index in [1.807, 2.05) is 19.0 Å². The predicted molar refractivity (Wildman–Crippen MR) is 125 cm³/mol. The summed E-state index contributed by atoms with van der Waals surface area (Å²) in [6.45, 7) is 0.255. The van der Waals surface area contributed by atoms with Gasteiger partial charge < -0.3 is 15.0 Å². The molecule has 0 saturated heterocycles. The van der Waals surface area contributed by atoms with Crippen molar-refractivity contribution in [3.8, 4) is 5.75 Å². The first kappa shape index (κ1) is 24.2.